The van der Waals surface area contributed by atoms with Crippen LogP contribution in [0.4, 0.5) is 0 Å². The largest absolute Gasteiger partial charge is 0.460 e. The van der Waals surface area contributed by atoms with Crippen molar-refractivity contribution in [2.24, 2.45) is 16.4 Å². The van der Waals surface area contributed by atoms with E-state index < -0.39 is 22.2 Å². The van der Waals surface area contributed by atoms with Crippen LogP contribution in [0, 0.1) is 11.3 Å². The molecule has 0 aliphatic heterocycles. The number of amides is 3. The minimum Gasteiger partial charge on any atom is -0.460 e. The van der Waals surface area contributed by atoms with Crippen LogP contribution in [0.3, 0.4) is 0 Å². The molecule has 50 heavy (non-hydrogen) atoms. The fourth-order valence-corrected chi connectivity index (χ4v) is 7.98. The van der Waals surface area contributed by atoms with Crippen molar-refractivity contribution in [3.63, 3.8) is 0 Å². The molecule has 0 spiro atoms. The number of thiocarbonyl (C=S) groups is 1. The Morgan fingerprint density at radius 3 is 1.94 bits per heavy atom. The second kappa shape index (κ2) is 27.6. The molecule has 0 aromatic carbocycles. The van der Waals surface area contributed by atoms with Crippen LogP contribution < -0.4 is 10.6 Å². The summed E-state index contributed by atoms with van der Waals surface area (Å²) in [6.07, 6.45) is 15.3. The molecule has 288 valence electrons. The third-order valence-electron chi connectivity index (χ3n) is 8.00. The van der Waals surface area contributed by atoms with E-state index in [2.05, 4.69) is 27.6 Å². The van der Waals surface area contributed by atoms with E-state index >= 15 is 0 Å². The summed E-state index contributed by atoms with van der Waals surface area (Å²) in [4.78, 5) is 55.9. The van der Waals surface area contributed by atoms with Gasteiger partial charge in [0.15, 0.2) is 0 Å². The van der Waals surface area contributed by atoms with Crippen LogP contribution in [0.25, 0.3) is 10.4 Å². The first-order valence-electron chi connectivity index (χ1n) is 18.4. The van der Waals surface area contributed by atoms with E-state index in [0.717, 1.165) is 31.4 Å². The minimum atomic E-state index is -0.948. The van der Waals surface area contributed by atoms with Crippen molar-refractivity contribution < 1.29 is 23.9 Å². The molecule has 0 rings (SSSR count). The lowest BCUT2D eigenvalue weighted by Crippen LogP contribution is -2.42. The summed E-state index contributed by atoms with van der Waals surface area (Å²) in [7, 11) is 3.37. The summed E-state index contributed by atoms with van der Waals surface area (Å²) in [5.74, 6) is -0.750. The maximum Gasteiger partial charge on any atom is 0.312 e. The van der Waals surface area contributed by atoms with Gasteiger partial charge in [-0.3, -0.25) is 19.2 Å². The van der Waals surface area contributed by atoms with Crippen LogP contribution in [0.1, 0.15) is 138 Å². The number of esters is 1. The zero-order valence-corrected chi connectivity index (χ0v) is 34.6. The van der Waals surface area contributed by atoms with Gasteiger partial charge in [0.25, 0.3) is 0 Å². The van der Waals surface area contributed by atoms with Gasteiger partial charge in [-0.2, -0.15) is 0 Å². The van der Waals surface area contributed by atoms with Gasteiger partial charge in [0.1, 0.15) is 15.7 Å². The van der Waals surface area contributed by atoms with Crippen molar-refractivity contribution in [2.45, 2.75) is 149 Å². The van der Waals surface area contributed by atoms with Gasteiger partial charge in [0, 0.05) is 38.0 Å². The number of nitrogens with zero attached hydrogens (tertiary/aromatic N) is 4. The number of carbonyl (C=O) groups is 4. The Bertz CT molecular complexity index is 1080. The van der Waals surface area contributed by atoms with Crippen LogP contribution in [-0.2, 0) is 23.9 Å². The quantitative estimate of drug-likeness (QED) is 0.0211. The summed E-state index contributed by atoms with van der Waals surface area (Å²) in [6, 6.07) is 0. The second-order valence-corrected chi connectivity index (χ2v) is 18.2. The lowest BCUT2D eigenvalue weighted by Gasteiger charge is -2.33. The molecule has 0 fully saturated rings. The maximum absolute atomic E-state index is 13.6. The molecule has 0 saturated heterocycles. The van der Waals surface area contributed by atoms with Crippen LogP contribution in [0.2, 0.25) is 0 Å². The number of hydrogen-bond acceptors (Lipinski definition) is 9. The Morgan fingerprint density at radius 2 is 1.40 bits per heavy atom. The lowest BCUT2D eigenvalue weighted by molar-refractivity contribution is -0.167. The van der Waals surface area contributed by atoms with Gasteiger partial charge >= 0.3 is 5.97 Å². The van der Waals surface area contributed by atoms with Crippen molar-refractivity contribution in [1.82, 2.24) is 15.5 Å². The van der Waals surface area contributed by atoms with E-state index in [0.29, 0.717) is 23.0 Å². The van der Waals surface area contributed by atoms with E-state index in [1.54, 1.807) is 39.7 Å². The predicted molar refractivity (Wildman–Crippen MR) is 213 cm³/mol. The van der Waals surface area contributed by atoms with E-state index in [4.69, 9.17) is 22.5 Å². The Hall–Kier alpha value is -2.02. The molecule has 0 aliphatic rings. The van der Waals surface area contributed by atoms with E-state index in [9.17, 15) is 19.2 Å². The molecule has 14 heteroatoms. The summed E-state index contributed by atoms with van der Waals surface area (Å²) >= 11 is 8.67. The third-order valence-corrected chi connectivity index (χ3v) is 10.9. The Morgan fingerprint density at radius 1 is 0.860 bits per heavy atom. The first-order valence-corrected chi connectivity index (χ1v) is 20.6. The monoisotopic (exact) mass is 758 g/mol. The number of hydrogen-bond donors (Lipinski definition) is 2. The number of thioether (sulfide) groups is 2. The molecule has 0 aromatic rings. The molecule has 3 amide bonds. The smallest absolute Gasteiger partial charge is 0.312 e. The van der Waals surface area contributed by atoms with Gasteiger partial charge in [-0.05, 0) is 84.4 Å². The topological polar surface area (TPSA) is 154 Å². The molecular formula is C36H66N6O5S3. The molecular weight excluding hydrogens is 693 g/mol. The van der Waals surface area contributed by atoms with Crippen molar-refractivity contribution in [3.8, 4) is 0 Å². The molecule has 2 atom stereocenters. The van der Waals surface area contributed by atoms with Gasteiger partial charge in [-0.1, -0.05) is 93.8 Å². The van der Waals surface area contributed by atoms with Crippen LogP contribution >= 0.6 is 35.7 Å². The molecule has 11 nitrogen and oxygen atoms in total. The lowest BCUT2D eigenvalue weighted by atomic mass is 9.80. The Labute approximate surface area is 316 Å². The highest BCUT2D eigenvalue weighted by atomic mass is 32.2. The van der Waals surface area contributed by atoms with Crippen LogP contribution in [0.5, 0.6) is 0 Å². The number of carbonyl (C=O) groups excluding carboxylic acids is 4. The fourth-order valence-electron chi connectivity index (χ4n) is 5.25. The van der Waals surface area contributed by atoms with Crippen molar-refractivity contribution >= 4 is 63.0 Å². The highest BCUT2D eigenvalue weighted by molar-refractivity contribution is 8.47. The number of rotatable bonds is 27. The van der Waals surface area contributed by atoms with Crippen molar-refractivity contribution in [1.29, 1.82) is 0 Å². The summed E-state index contributed by atoms with van der Waals surface area (Å²) < 4.78 is 6.36. The highest BCUT2D eigenvalue weighted by Gasteiger charge is 2.39. The first kappa shape index (κ1) is 48.0. The van der Waals surface area contributed by atoms with Crippen LogP contribution in [-0.4, -0.2) is 82.5 Å². The molecule has 2 N–H and O–H groups in total. The van der Waals surface area contributed by atoms with E-state index in [1.165, 1.54) is 68.0 Å². The molecule has 2 unspecified atom stereocenters. The van der Waals surface area contributed by atoms with Gasteiger partial charge < -0.3 is 20.3 Å². The highest BCUT2D eigenvalue weighted by Crippen LogP contribution is 2.35. The molecule has 0 aromatic heterocycles. The second-order valence-electron chi connectivity index (χ2n) is 14.7. The summed E-state index contributed by atoms with van der Waals surface area (Å²) in [5, 5.41) is 8.37. The Balaban J connectivity index is 5.34. The molecule has 0 radical (unpaired) electrons. The van der Waals surface area contributed by atoms with Gasteiger partial charge in [-0.25, -0.2) is 0 Å². The summed E-state index contributed by atoms with van der Waals surface area (Å²) in [6.45, 7) is 11.9. The maximum atomic E-state index is 13.6. The predicted octanol–water partition coefficient (Wildman–Crippen LogP) is 8.59. The van der Waals surface area contributed by atoms with Crippen molar-refractivity contribution in [2.75, 3.05) is 39.5 Å². The average molecular weight is 759 g/mol. The normalized spacial score (nSPS) is 12.7. The van der Waals surface area contributed by atoms with Gasteiger partial charge in [0.2, 0.25) is 17.7 Å². The minimum absolute atomic E-state index is 0.147. The summed E-state index contributed by atoms with van der Waals surface area (Å²) in [5.41, 5.74) is 6.71. The van der Waals surface area contributed by atoms with Gasteiger partial charge in [-0.15, -0.1) is 11.8 Å². The number of ether oxygens (including phenoxy) is 1. The zero-order valence-electron chi connectivity index (χ0n) is 32.1. The number of nitrogens with one attached hydrogen (secondary N) is 2. The molecule has 0 saturated carbocycles. The SMILES string of the molecule is CCCCCCCCCCCCSC(=S)SC(CC(CC(C)(C)C(=O)OC(C)(C)C)C(=O)N(C)C)C(=O)NCCCCCNC(=O)CN=[N+]=[N-]. The van der Waals surface area contributed by atoms with Crippen LogP contribution in [0.15, 0.2) is 5.11 Å². The molecule has 0 aliphatic carbocycles. The average Bonchev–Trinajstić information content (AvgIpc) is 3.03. The molecule has 0 heterocycles. The zero-order chi connectivity index (χ0) is 38.0. The number of azide groups is 1. The van der Waals surface area contributed by atoms with Crippen molar-refractivity contribution in [3.05, 3.63) is 10.4 Å². The van der Waals surface area contributed by atoms with Gasteiger partial charge in [0.05, 0.1) is 10.7 Å². The standard InChI is InChI=1S/C36H66N6O5S3/c1-9-10-11-12-13-14-15-16-17-21-24-49-34(48)50-29(31(44)39-23-20-18-19-22-38-30(43)27-40-41-37)25-28(32(45)42(7)8)26-36(5,6)33(46)47-35(2,3)4/h28-29H,9-27H2,1-8H3,(H,38,43)(H,39,44). The Kier molecular flexibility index (Phi) is 26.5. The molecule has 0 bridgehead atoms. The number of unbranched alkanes of at least 4 members (excludes halogenated alkanes) is 11. The fraction of sp³-hybridized carbons (Fsp3) is 0.861. The third kappa shape index (κ3) is 25.0. The van der Waals surface area contributed by atoms with E-state index in [1.807, 2.05) is 20.8 Å². The van der Waals surface area contributed by atoms with E-state index in [-0.39, 0.29) is 43.1 Å². The first-order chi connectivity index (χ1) is 23.5.